The van der Waals surface area contributed by atoms with E-state index in [2.05, 4.69) is 42.5 Å². The zero-order chi connectivity index (χ0) is 47.7. The smallest absolute Gasteiger partial charge is 0.412 e. The topological polar surface area (TPSA) is 243 Å². The Morgan fingerprint density at radius 1 is 0.422 bits per heavy atom. The molecule has 0 spiro atoms. The van der Waals surface area contributed by atoms with Crippen LogP contribution in [0.15, 0.2) is 72.8 Å². The second kappa shape index (κ2) is 23.1. The van der Waals surface area contributed by atoms with E-state index in [1.165, 1.54) is 0 Å². The van der Waals surface area contributed by atoms with Gasteiger partial charge in [0.15, 0.2) is 0 Å². The molecule has 3 aromatic carbocycles. The first-order valence-corrected chi connectivity index (χ1v) is 20.9. The lowest BCUT2D eigenvalue weighted by molar-refractivity contribution is -0.124. The highest BCUT2D eigenvalue weighted by molar-refractivity contribution is 5.95. The van der Waals surface area contributed by atoms with E-state index in [4.69, 9.17) is 14.2 Å². The molecule has 8 N–H and O–H groups in total. The number of nitrogens with one attached hydrogen (secondary N) is 8. The molecule has 0 unspecified atom stereocenters. The largest absolute Gasteiger partial charge is 0.444 e. The molecule has 0 atom stereocenters. The minimum Gasteiger partial charge on any atom is -0.444 e. The number of hydrogen-bond acceptors (Lipinski definition) is 11. The monoisotopic (exact) mass is 888 g/mol. The Morgan fingerprint density at radius 3 is 0.938 bits per heavy atom. The van der Waals surface area contributed by atoms with Crippen molar-refractivity contribution in [2.75, 3.05) is 45.5 Å². The standard InChI is InChI=1S/C46H64N8O10/c1-43(2,3)62-40(59)51-33-17-11-14-30(26-33)48-36(55)20-23-46(54-39(58)29-47-10,24-21-37(56)49-31-15-12-18-34(27-31)52-41(60)63-44(4,5)6)25-22-38(57)50-32-16-13-19-35(28-32)53-42(61)64-45(7,8)9/h11-19,26-28,47H,20-25,29H2,1-10H3,(H,48,55)(H,49,56)(H,50,57)(H,51,59)(H,52,60)(H,53,61)(H,54,58). The molecule has 0 heterocycles. The first-order valence-electron chi connectivity index (χ1n) is 20.9. The third-order valence-corrected chi connectivity index (χ3v) is 8.61. The van der Waals surface area contributed by atoms with E-state index >= 15 is 0 Å². The zero-order valence-electron chi connectivity index (χ0n) is 38.5. The molecular weight excluding hydrogens is 825 g/mol. The number of anilines is 6. The summed E-state index contributed by atoms with van der Waals surface area (Å²) in [7, 11) is 1.60. The Kier molecular flexibility index (Phi) is 18.7. The number of amides is 7. The first kappa shape index (κ1) is 51.7. The predicted octanol–water partition coefficient (Wildman–Crippen LogP) is 8.36. The van der Waals surface area contributed by atoms with Crippen LogP contribution in [0.4, 0.5) is 48.5 Å². The van der Waals surface area contributed by atoms with Crippen molar-refractivity contribution in [2.24, 2.45) is 0 Å². The summed E-state index contributed by atoms with van der Waals surface area (Å²) in [4.78, 5) is 91.0. The second-order valence-corrected chi connectivity index (χ2v) is 18.1. The quantitative estimate of drug-likeness (QED) is 0.0564. The maximum absolute atomic E-state index is 13.5. The molecule has 0 saturated carbocycles. The van der Waals surface area contributed by atoms with Crippen LogP contribution < -0.4 is 42.5 Å². The average molecular weight is 889 g/mol. The van der Waals surface area contributed by atoms with Crippen LogP contribution in [0.1, 0.15) is 101 Å². The Bertz CT molecular complexity index is 1900. The molecule has 0 aliphatic carbocycles. The van der Waals surface area contributed by atoms with Gasteiger partial charge in [-0.25, -0.2) is 14.4 Å². The van der Waals surface area contributed by atoms with Crippen molar-refractivity contribution in [3.8, 4) is 0 Å². The number of benzene rings is 3. The van der Waals surface area contributed by atoms with Gasteiger partial charge in [-0.3, -0.25) is 35.1 Å². The van der Waals surface area contributed by atoms with Gasteiger partial charge in [0.25, 0.3) is 0 Å². The van der Waals surface area contributed by atoms with E-state index < -0.39 is 64.3 Å². The molecule has 0 bridgehead atoms. The van der Waals surface area contributed by atoms with Gasteiger partial charge in [-0.05, 0) is 143 Å². The van der Waals surface area contributed by atoms with Crippen LogP contribution in [0.25, 0.3) is 0 Å². The Hall–Kier alpha value is -6.69. The van der Waals surface area contributed by atoms with Gasteiger partial charge in [-0.2, -0.15) is 0 Å². The van der Waals surface area contributed by atoms with Gasteiger partial charge in [0.2, 0.25) is 23.6 Å². The molecule has 18 heteroatoms. The van der Waals surface area contributed by atoms with Gasteiger partial charge < -0.3 is 40.8 Å². The first-order chi connectivity index (χ1) is 29.8. The van der Waals surface area contributed by atoms with Crippen LogP contribution in [-0.2, 0) is 33.4 Å². The molecule has 18 nitrogen and oxygen atoms in total. The molecular formula is C46H64N8O10. The summed E-state index contributed by atoms with van der Waals surface area (Å²) in [6.07, 6.45) is -2.33. The molecule has 3 rings (SSSR count). The summed E-state index contributed by atoms with van der Waals surface area (Å²) >= 11 is 0. The number of carbonyl (C=O) groups excluding carboxylic acids is 7. The molecule has 0 aliphatic heterocycles. The van der Waals surface area contributed by atoms with Crippen LogP contribution in [0.3, 0.4) is 0 Å². The van der Waals surface area contributed by atoms with Crippen molar-refractivity contribution < 1.29 is 47.8 Å². The van der Waals surface area contributed by atoms with Gasteiger partial charge in [0, 0.05) is 58.9 Å². The minimum absolute atomic E-state index is 0.0231. The van der Waals surface area contributed by atoms with Crippen LogP contribution in [0.5, 0.6) is 0 Å². The average Bonchev–Trinajstić information content (AvgIpc) is 3.13. The highest BCUT2D eigenvalue weighted by Gasteiger charge is 2.34. The van der Waals surface area contributed by atoms with E-state index in [9.17, 15) is 33.6 Å². The van der Waals surface area contributed by atoms with Crippen molar-refractivity contribution >= 4 is 76.0 Å². The van der Waals surface area contributed by atoms with Gasteiger partial charge in [-0.15, -0.1) is 0 Å². The number of hydrogen-bond donors (Lipinski definition) is 8. The third kappa shape index (κ3) is 20.9. The summed E-state index contributed by atoms with van der Waals surface area (Å²) < 4.78 is 16.0. The number of likely N-dealkylation sites (N-methyl/N-ethyl adjacent to an activating group) is 1. The molecule has 7 amide bonds. The zero-order valence-corrected chi connectivity index (χ0v) is 38.5. The molecule has 0 saturated heterocycles. The van der Waals surface area contributed by atoms with E-state index in [0.717, 1.165) is 0 Å². The number of rotatable bonds is 18. The fourth-order valence-corrected chi connectivity index (χ4v) is 6.08. The number of carbonyl (C=O) groups is 7. The summed E-state index contributed by atoms with van der Waals surface area (Å²) in [5.41, 5.74) is -1.10. The molecule has 64 heavy (non-hydrogen) atoms. The second-order valence-electron chi connectivity index (χ2n) is 18.1. The fourth-order valence-electron chi connectivity index (χ4n) is 6.08. The maximum atomic E-state index is 13.5. The summed E-state index contributed by atoms with van der Waals surface area (Å²) in [5, 5.41) is 22.2. The van der Waals surface area contributed by atoms with Crippen molar-refractivity contribution in [1.82, 2.24) is 10.6 Å². The summed E-state index contributed by atoms with van der Waals surface area (Å²) in [6, 6.07) is 19.5. The lowest BCUT2D eigenvalue weighted by Gasteiger charge is -2.35. The predicted molar refractivity (Wildman–Crippen MR) is 247 cm³/mol. The molecule has 348 valence electrons. The van der Waals surface area contributed by atoms with Crippen molar-refractivity contribution in [2.45, 2.75) is 123 Å². The van der Waals surface area contributed by atoms with Crippen LogP contribution in [-0.4, -0.2) is 77.8 Å². The highest BCUT2D eigenvalue weighted by atomic mass is 16.6. The molecule has 0 aliphatic rings. The van der Waals surface area contributed by atoms with Crippen LogP contribution >= 0.6 is 0 Å². The van der Waals surface area contributed by atoms with Crippen molar-refractivity contribution in [1.29, 1.82) is 0 Å². The Labute approximate surface area is 375 Å². The van der Waals surface area contributed by atoms with Crippen LogP contribution in [0, 0.1) is 0 Å². The van der Waals surface area contributed by atoms with Gasteiger partial charge >= 0.3 is 18.3 Å². The minimum atomic E-state index is -1.25. The van der Waals surface area contributed by atoms with Gasteiger partial charge in [0.05, 0.1) is 6.54 Å². The van der Waals surface area contributed by atoms with Crippen molar-refractivity contribution in [3.05, 3.63) is 72.8 Å². The van der Waals surface area contributed by atoms with Crippen molar-refractivity contribution in [3.63, 3.8) is 0 Å². The van der Waals surface area contributed by atoms with Gasteiger partial charge in [0.1, 0.15) is 16.8 Å². The molecule has 3 aromatic rings. The lowest BCUT2D eigenvalue weighted by atomic mass is 9.83. The van der Waals surface area contributed by atoms with E-state index in [1.807, 2.05) is 0 Å². The normalized spacial score (nSPS) is 11.6. The van der Waals surface area contributed by atoms with Gasteiger partial charge in [-0.1, -0.05) is 18.2 Å². The summed E-state index contributed by atoms with van der Waals surface area (Å²) in [6.45, 7) is 15.6. The fraction of sp³-hybridized carbons (Fsp3) is 0.457. The highest BCUT2D eigenvalue weighted by Crippen LogP contribution is 2.28. The lowest BCUT2D eigenvalue weighted by Crippen LogP contribution is -2.52. The van der Waals surface area contributed by atoms with E-state index in [0.29, 0.717) is 34.1 Å². The Morgan fingerprint density at radius 2 is 0.688 bits per heavy atom. The van der Waals surface area contributed by atoms with E-state index in [-0.39, 0.29) is 45.1 Å². The number of ether oxygens (including phenoxy) is 3. The Balaban J connectivity index is 1.83. The van der Waals surface area contributed by atoms with E-state index in [1.54, 1.807) is 142 Å². The third-order valence-electron chi connectivity index (χ3n) is 8.61. The molecule has 0 fully saturated rings. The van der Waals surface area contributed by atoms with Crippen LogP contribution in [0.2, 0.25) is 0 Å². The SMILES string of the molecule is CNCC(=O)NC(CCC(=O)Nc1cccc(NC(=O)OC(C)(C)C)c1)(CCC(=O)Nc1cccc(NC(=O)OC(C)(C)C)c1)CCC(=O)Nc1cccc(NC(=O)OC(C)(C)C)c1. The molecule has 0 radical (unpaired) electrons. The summed E-state index contributed by atoms with van der Waals surface area (Å²) in [5.74, 6) is -1.72. The molecule has 0 aromatic heterocycles. The maximum Gasteiger partial charge on any atom is 0.412 e.